The number of β-amino-alcohol motifs (C(OH)–C–C–N with tert-alkyl or cyclic N) is 1. The molecule has 4 bridgehead atoms. The smallest absolute Gasteiger partial charge is 0.329 e. The number of carbonyl (C=O) groups excluding carboxylic acids is 3. The van der Waals surface area contributed by atoms with Crippen molar-refractivity contribution in [3.8, 4) is 6.07 Å². The van der Waals surface area contributed by atoms with Crippen LogP contribution in [0.25, 0.3) is 0 Å². The standard InChI is InChI=1S/C23H27N3O5S/c24-10-16-1-2-32-20(16)25-19(28)12-31-21(29)18-6-17(27)11-26(18)22(30)23-7-13-3-14(8-23)5-15(4-13)9-23/h1-2,13-15,17-18,27H,3-9,11-12H2,(H,25,28)/t13?,14?,15?,17?,18-,23?/m0/s1. The van der Waals surface area contributed by atoms with E-state index >= 15 is 0 Å². The molecule has 1 unspecified atom stereocenters. The van der Waals surface area contributed by atoms with E-state index in [1.165, 1.54) is 35.5 Å². The SMILES string of the molecule is N#Cc1ccsc1NC(=O)COC(=O)[C@@H]1CC(O)CN1C(=O)C12CC3CC(CC(C3)C1)C2. The van der Waals surface area contributed by atoms with Crippen LogP contribution in [0.5, 0.6) is 0 Å². The second kappa shape index (κ2) is 8.16. The van der Waals surface area contributed by atoms with Gasteiger partial charge in [-0.3, -0.25) is 9.59 Å². The highest BCUT2D eigenvalue weighted by atomic mass is 32.1. The molecule has 5 fully saturated rings. The minimum atomic E-state index is -0.866. The highest BCUT2D eigenvalue weighted by molar-refractivity contribution is 7.14. The summed E-state index contributed by atoms with van der Waals surface area (Å²) in [5.74, 6) is 0.570. The molecule has 1 aromatic rings. The normalized spacial score (nSPS) is 34.9. The Morgan fingerprint density at radius 2 is 1.84 bits per heavy atom. The molecule has 0 aromatic carbocycles. The summed E-state index contributed by atoms with van der Waals surface area (Å²) in [6, 6.07) is 2.72. The number of rotatable bonds is 5. The van der Waals surface area contributed by atoms with E-state index in [2.05, 4.69) is 5.32 Å². The Kier molecular flexibility index (Phi) is 5.46. The van der Waals surface area contributed by atoms with Crippen LogP contribution in [-0.2, 0) is 19.1 Å². The average molecular weight is 458 g/mol. The Morgan fingerprint density at radius 1 is 1.19 bits per heavy atom. The minimum Gasteiger partial charge on any atom is -0.454 e. The van der Waals surface area contributed by atoms with Crippen LogP contribution >= 0.6 is 11.3 Å². The van der Waals surface area contributed by atoms with E-state index in [-0.39, 0.29) is 18.9 Å². The quantitative estimate of drug-likeness (QED) is 0.655. The largest absolute Gasteiger partial charge is 0.454 e. The van der Waals surface area contributed by atoms with Crippen LogP contribution in [0.4, 0.5) is 5.00 Å². The Morgan fingerprint density at radius 3 is 2.47 bits per heavy atom. The number of anilines is 1. The lowest BCUT2D eigenvalue weighted by Crippen LogP contribution is -2.56. The number of amides is 2. The second-order valence-corrected chi connectivity index (χ2v) is 10.9. The van der Waals surface area contributed by atoms with Crippen molar-refractivity contribution in [1.82, 2.24) is 4.90 Å². The minimum absolute atomic E-state index is 0.0169. The third kappa shape index (κ3) is 3.80. The number of esters is 1. The first-order valence-corrected chi connectivity index (χ1v) is 12.2. The van der Waals surface area contributed by atoms with Crippen molar-refractivity contribution in [2.24, 2.45) is 23.2 Å². The Balaban J connectivity index is 1.23. The van der Waals surface area contributed by atoms with Crippen LogP contribution < -0.4 is 5.32 Å². The zero-order valence-corrected chi connectivity index (χ0v) is 18.6. The number of nitriles is 1. The van der Waals surface area contributed by atoms with E-state index < -0.39 is 36.0 Å². The number of aliphatic hydroxyl groups excluding tert-OH is 1. The van der Waals surface area contributed by atoms with Gasteiger partial charge in [0.25, 0.3) is 5.91 Å². The first kappa shape index (κ1) is 21.4. The van der Waals surface area contributed by atoms with Gasteiger partial charge < -0.3 is 20.1 Å². The Bertz CT molecular complexity index is 947. The Hall–Kier alpha value is -2.44. The van der Waals surface area contributed by atoms with Crippen LogP contribution in [0, 0.1) is 34.5 Å². The van der Waals surface area contributed by atoms with Gasteiger partial charge in [-0.15, -0.1) is 11.3 Å². The summed E-state index contributed by atoms with van der Waals surface area (Å²) in [6.07, 6.45) is 5.66. The highest BCUT2D eigenvalue weighted by Crippen LogP contribution is 2.60. The first-order valence-electron chi connectivity index (χ1n) is 11.3. The van der Waals surface area contributed by atoms with E-state index in [1.54, 1.807) is 11.4 Å². The fourth-order valence-corrected chi connectivity index (χ4v) is 7.58. The molecule has 4 aliphatic carbocycles. The second-order valence-electron chi connectivity index (χ2n) is 9.99. The van der Waals surface area contributed by atoms with Gasteiger partial charge in [0, 0.05) is 13.0 Å². The van der Waals surface area contributed by atoms with Gasteiger partial charge in [-0.05, 0) is 67.7 Å². The van der Waals surface area contributed by atoms with Crippen molar-refractivity contribution in [3.05, 3.63) is 17.0 Å². The van der Waals surface area contributed by atoms with E-state index in [0.717, 1.165) is 19.3 Å². The van der Waals surface area contributed by atoms with Crippen molar-refractivity contribution in [1.29, 1.82) is 5.26 Å². The van der Waals surface area contributed by atoms with Crippen molar-refractivity contribution >= 4 is 34.1 Å². The van der Waals surface area contributed by atoms with Gasteiger partial charge in [0.05, 0.1) is 17.1 Å². The molecule has 1 aliphatic heterocycles. The molecule has 9 heteroatoms. The number of nitrogens with zero attached hydrogens (tertiary/aromatic N) is 2. The third-order valence-electron chi connectivity index (χ3n) is 7.69. The average Bonchev–Trinajstić information content (AvgIpc) is 3.36. The number of carbonyl (C=O) groups is 3. The molecule has 2 amide bonds. The molecule has 2 N–H and O–H groups in total. The predicted octanol–water partition coefficient (Wildman–Crippen LogP) is 2.28. The molecule has 1 aromatic heterocycles. The molecule has 2 heterocycles. The summed E-state index contributed by atoms with van der Waals surface area (Å²) in [5.41, 5.74) is -0.0531. The number of ether oxygens (including phenoxy) is 1. The van der Waals surface area contributed by atoms with Crippen LogP contribution in [0.3, 0.4) is 0 Å². The maximum absolute atomic E-state index is 13.7. The van der Waals surface area contributed by atoms with Crippen molar-refractivity contribution in [2.45, 2.75) is 57.1 Å². The zero-order chi connectivity index (χ0) is 22.5. The lowest BCUT2D eigenvalue weighted by molar-refractivity contribution is -0.166. The fraction of sp³-hybridized carbons (Fsp3) is 0.652. The number of hydrogen-bond donors (Lipinski definition) is 2. The molecule has 6 rings (SSSR count). The molecule has 2 atom stereocenters. The number of thiophene rings is 1. The molecule has 0 spiro atoms. The van der Waals surface area contributed by atoms with Gasteiger partial charge in [-0.25, -0.2) is 4.79 Å². The van der Waals surface area contributed by atoms with Crippen LogP contribution in [0.2, 0.25) is 0 Å². The molecule has 0 radical (unpaired) electrons. The van der Waals surface area contributed by atoms with Gasteiger partial charge in [-0.2, -0.15) is 5.26 Å². The summed E-state index contributed by atoms with van der Waals surface area (Å²) in [4.78, 5) is 40.2. The Labute approximate surface area is 190 Å². The topological polar surface area (TPSA) is 120 Å². The summed E-state index contributed by atoms with van der Waals surface area (Å²) in [7, 11) is 0. The summed E-state index contributed by atoms with van der Waals surface area (Å²) < 4.78 is 5.22. The van der Waals surface area contributed by atoms with Crippen LogP contribution in [0.1, 0.15) is 50.5 Å². The zero-order valence-electron chi connectivity index (χ0n) is 17.8. The molecule has 32 heavy (non-hydrogen) atoms. The van der Waals surface area contributed by atoms with Gasteiger partial charge in [-0.1, -0.05) is 0 Å². The molecule has 4 saturated carbocycles. The van der Waals surface area contributed by atoms with E-state index in [1.807, 2.05) is 6.07 Å². The van der Waals surface area contributed by atoms with Crippen molar-refractivity contribution in [3.63, 3.8) is 0 Å². The van der Waals surface area contributed by atoms with Crippen molar-refractivity contribution < 1.29 is 24.2 Å². The molecule has 8 nitrogen and oxygen atoms in total. The number of aliphatic hydroxyl groups is 1. The fourth-order valence-electron chi connectivity index (χ4n) is 6.83. The maximum atomic E-state index is 13.7. The van der Waals surface area contributed by atoms with Gasteiger partial charge in [0.1, 0.15) is 17.1 Å². The van der Waals surface area contributed by atoms with E-state index in [0.29, 0.717) is 28.3 Å². The summed E-state index contributed by atoms with van der Waals surface area (Å²) in [5, 5.41) is 23.9. The van der Waals surface area contributed by atoms with E-state index in [9.17, 15) is 19.5 Å². The van der Waals surface area contributed by atoms with Gasteiger partial charge in [0.2, 0.25) is 5.91 Å². The maximum Gasteiger partial charge on any atom is 0.329 e. The summed E-state index contributed by atoms with van der Waals surface area (Å²) in [6.45, 7) is -0.374. The van der Waals surface area contributed by atoms with Gasteiger partial charge >= 0.3 is 5.97 Å². The van der Waals surface area contributed by atoms with Crippen molar-refractivity contribution in [2.75, 3.05) is 18.5 Å². The van der Waals surface area contributed by atoms with E-state index in [4.69, 9.17) is 10.00 Å². The molecular weight excluding hydrogens is 430 g/mol. The predicted molar refractivity (Wildman–Crippen MR) is 115 cm³/mol. The lowest BCUT2D eigenvalue weighted by atomic mass is 9.49. The summed E-state index contributed by atoms with van der Waals surface area (Å²) >= 11 is 1.21. The highest BCUT2D eigenvalue weighted by Gasteiger charge is 2.57. The molecule has 1 saturated heterocycles. The van der Waals surface area contributed by atoms with Crippen LogP contribution in [0.15, 0.2) is 11.4 Å². The number of likely N-dealkylation sites (tertiary alicyclic amines) is 1. The van der Waals surface area contributed by atoms with Crippen LogP contribution in [-0.4, -0.2) is 53.1 Å². The number of hydrogen-bond acceptors (Lipinski definition) is 7. The lowest BCUT2D eigenvalue weighted by Gasteiger charge is -2.56. The van der Waals surface area contributed by atoms with Gasteiger partial charge in [0.15, 0.2) is 6.61 Å². The molecular formula is C23H27N3O5S. The third-order valence-corrected chi connectivity index (χ3v) is 8.52. The molecule has 170 valence electrons. The first-order chi connectivity index (χ1) is 15.4. The number of nitrogens with one attached hydrogen (secondary N) is 1. The monoisotopic (exact) mass is 457 g/mol. The molecule has 5 aliphatic rings.